The number of hydrogen-bond acceptors (Lipinski definition) is 0. The van der Waals surface area contributed by atoms with Crippen LogP contribution in [0.1, 0.15) is 26.2 Å². The fourth-order valence-electron chi connectivity index (χ4n) is 0.426. The summed E-state index contributed by atoms with van der Waals surface area (Å²) < 4.78 is 11.8. The highest BCUT2D eigenvalue weighted by atomic mass is 19.1. The molecule has 0 saturated carbocycles. The maximum Gasteiger partial charge on any atom is 0.100 e. The molecule has 0 spiro atoms. The van der Waals surface area contributed by atoms with Gasteiger partial charge in [0.2, 0.25) is 0 Å². The van der Waals surface area contributed by atoms with Crippen molar-refractivity contribution in [2.24, 2.45) is 0 Å². The topological polar surface area (TPSA) is 0 Å². The maximum absolute atomic E-state index is 11.8. The summed E-state index contributed by atoms with van der Waals surface area (Å²) in [5.41, 5.74) is 0. The molecular formula is C6H12F. The predicted molar refractivity (Wildman–Crippen MR) is 29.8 cm³/mol. The Morgan fingerprint density at radius 3 is 2.43 bits per heavy atom. The minimum Gasteiger partial charge on any atom is -0.247 e. The van der Waals surface area contributed by atoms with Crippen LogP contribution in [-0.4, -0.2) is 6.17 Å². The van der Waals surface area contributed by atoms with E-state index >= 15 is 0 Å². The van der Waals surface area contributed by atoms with Gasteiger partial charge in [-0.05, 0) is 13.3 Å². The SMILES string of the molecule is [CH2][C@@H](F)CCCC. The van der Waals surface area contributed by atoms with Gasteiger partial charge in [-0.2, -0.15) is 0 Å². The van der Waals surface area contributed by atoms with E-state index in [4.69, 9.17) is 0 Å². The van der Waals surface area contributed by atoms with Gasteiger partial charge in [-0.3, -0.25) is 0 Å². The van der Waals surface area contributed by atoms with E-state index in [1.807, 2.05) is 6.92 Å². The first kappa shape index (κ1) is 6.93. The van der Waals surface area contributed by atoms with Crippen LogP contribution in [0.3, 0.4) is 0 Å². The highest BCUT2D eigenvalue weighted by Gasteiger charge is 1.93. The van der Waals surface area contributed by atoms with Crippen LogP contribution in [0, 0.1) is 6.92 Å². The summed E-state index contributed by atoms with van der Waals surface area (Å²) in [4.78, 5) is 0. The minimum atomic E-state index is -0.847. The van der Waals surface area contributed by atoms with E-state index in [0.29, 0.717) is 6.42 Å². The summed E-state index contributed by atoms with van der Waals surface area (Å²) in [6.07, 6.45) is 1.80. The summed E-state index contributed by atoms with van der Waals surface area (Å²) in [7, 11) is 0. The molecule has 0 aromatic heterocycles. The zero-order valence-electron chi connectivity index (χ0n) is 4.78. The van der Waals surface area contributed by atoms with Crippen molar-refractivity contribution in [2.45, 2.75) is 32.4 Å². The molecule has 0 aromatic rings. The Kier molecular flexibility index (Phi) is 4.06. The quantitative estimate of drug-likeness (QED) is 0.514. The monoisotopic (exact) mass is 103 g/mol. The third-order valence-corrected chi connectivity index (χ3v) is 0.871. The molecule has 0 amide bonds. The van der Waals surface area contributed by atoms with Crippen LogP contribution in [0.2, 0.25) is 0 Å². The standard InChI is InChI=1S/C6H12F/c1-3-4-5-6(2)7/h6H,2-5H2,1H3/t6-/m1/s1. The third kappa shape index (κ3) is 5.93. The molecule has 1 radical (unpaired) electrons. The Morgan fingerprint density at radius 1 is 1.71 bits per heavy atom. The zero-order chi connectivity index (χ0) is 5.70. The van der Waals surface area contributed by atoms with Gasteiger partial charge in [-0.15, -0.1) is 0 Å². The molecule has 43 valence electrons. The Labute approximate surface area is 44.7 Å². The van der Waals surface area contributed by atoms with Crippen LogP contribution in [0.15, 0.2) is 0 Å². The van der Waals surface area contributed by atoms with Gasteiger partial charge in [0.1, 0.15) is 6.17 Å². The summed E-state index contributed by atoms with van der Waals surface area (Å²) in [5.74, 6) is 0. The van der Waals surface area contributed by atoms with Crippen LogP contribution in [0.5, 0.6) is 0 Å². The van der Waals surface area contributed by atoms with E-state index in [1.165, 1.54) is 0 Å². The second kappa shape index (κ2) is 4.10. The maximum atomic E-state index is 11.8. The Hall–Kier alpha value is -0.0700. The van der Waals surface area contributed by atoms with Crippen LogP contribution >= 0.6 is 0 Å². The van der Waals surface area contributed by atoms with E-state index < -0.39 is 6.17 Å². The summed E-state index contributed by atoms with van der Waals surface area (Å²) >= 11 is 0. The highest BCUT2D eigenvalue weighted by molar-refractivity contribution is 4.55. The Bertz CT molecular complexity index is 33.2. The summed E-state index contributed by atoms with van der Waals surface area (Å²) in [6.45, 7) is 5.25. The average Bonchev–Trinajstić information content (AvgIpc) is 1.61. The average molecular weight is 103 g/mol. The highest BCUT2D eigenvalue weighted by Crippen LogP contribution is 2.01. The van der Waals surface area contributed by atoms with Crippen LogP contribution in [0.25, 0.3) is 0 Å². The number of alkyl halides is 1. The lowest BCUT2D eigenvalue weighted by atomic mass is 10.2. The summed E-state index contributed by atoms with van der Waals surface area (Å²) in [6, 6.07) is 0. The number of rotatable bonds is 3. The summed E-state index contributed by atoms with van der Waals surface area (Å²) in [5, 5.41) is 0. The Balaban J connectivity index is 2.68. The van der Waals surface area contributed by atoms with Crippen molar-refractivity contribution in [3.05, 3.63) is 6.92 Å². The Morgan fingerprint density at radius 2 is 2.29 bits per heavy atom. The molecule has 1 heteroatoms. The molecule has 0 heterocycles. The normalized spacial score (nSPS) is 14.1. The lowest BCUT2D eigenvalue weighted by molar-refractivity contribution is 0.366. The van der Waals surface area contributed by atoms with Crippen LogP contribution in [-0.2, 0) is 0 Å². The predicted octanol–water partition coefficient (Wildman–Crippen LogP) is 2.35. The number of hydrogen-bond donors (Lipinski definition) is 0. The van der Waals surface area contributed by atoms with Crippen molar-refractivity contribution in [2.75, 3.05) is 0 Å². The van der Waals surface area contributed by atoms with Crippen molar-refractivity contribution in [1.82, 2.24) is 0 Å². The first-order valence-electron chi connectivity index (χ1n) is 2.74. The molecule has 0 saturated heterocycles. The molecule has 1 atom stereocenters. The molecule has 0 aromatic carbocycles. The molecule has 0 aliphatic carbocycles. The molecule has 0 unspecified atom stereocenters. The van der Waals surface area contributed by atoms with E-state index in [9.17, 15) is 4.39 Å². The van der Waals surface area contributed by atoms with Crippen molar-refractivity contribution < 1.29 is 4.39 Å². The molecule has 7 heavy (non-hydrogen) atoms. The van der Waals surface area contributed by atoms with Gasteiger partial charge in [0, 0.05) is 0 Å². The largest absolute Gasteiger partial charge is 0.247 e. The van der Waals surface area contributed by atoms with Crippen molar-refractivity contribution in [3.8, 4) is 0 Å². The zero-order valence-corrected chi connectivity index (χ0v) is 4.78. The molecule has 0 rings (SSSR count). The number of unbranched alkanes of at least 4 members (excludes halogenated alkanes) is 1. The molecule has 0 bridgehead atoms. The van der Waals surface area contributed by atoms with Gasteiger partial charge in [0.25, 0.3) is 0 Å². The van der Waals surface area contributed by atoms with E-state index in [-0.39, 0.29) is 0 Å². The number of halogens is 1. The molecule has 0 aliphatic heterocycles. The molecule has 0 N–H and O–H groups in total. The second-order valence-electron chi connectivity index (χ2n) is 1.74. The van der Waals surface area contributed by atoms with Gasteiger partial charge >= 0.3 is 0 Å². The van der Waals surface area contributed by atoms with Gasteiger partial charge in [-0.1, -0.05) is 19.8 Å². The lowest BCUT2D eigenvalue weighted by Gasteiger charge is -1.95. The van der Waals surface area contributed by atoms with Gasteiger partial charge < -0.3 is 0 Å². The molecule has 0 aliphatic rings. The fourth-order valence-corrected chi connectivity index (χ4v) is 0.426. The van der Waals surface area contributed by atoms with E-state index in [0.717, 1.165) is 12.8 Å². The lowest BCUT2D eigenvalue weighted by Crippen LogP contribution is -1.90. The van der Waals surface area contributed by atoms with E-state index in [1.54, 1.807) is 0 Å². The van der Waals surface area contributed by atoms with Crippen LogP contribution < -0.4 is 0 Å². The van der Waals surface area contributed by atoms with Crippen molar-refractivity contribution >= 4 is 0 Å². The van der Waals surface area contributed by atoms with Gasteiger partial charge in [0.15, 0.2) is 0 Å². The van der Waals surface area contributed by atoms with Crippen LogP contribution in [0.4, 0.5) is 4.39 Å². The fraction of sp³-hybridized carbons (Fsp3) is 0.833. The molecule has 0 fully saturated rings. The third-order valence-electron chi connectivity index (χ3n) is 0.871. The van der Waals surface area contributed by atoms with E-state index in [2.05, 4.69) is 6.92 Å². The van der Waals surface area contributed by atoms with Gasteiger partial charge in [0.05, 0.1) is 0 Å². The first-order valence-corrected chi connectivity index (χ1v) is 2.74. The molecule has 0 nitrogen and oxygen atoms in total. The second-order valence-corrected chi connectivity index (χ2v) is 1.74. The smallest absolute Gasteiger partial charge is 0.100 e. The van der Waals surface area contributed by atoms with Crippen molar-refractivity contribution in [3.63, 3.8) is 0 Å². The first-order chi connectivity index (χ1) is 3.27. The minimum absolute atomic E-state index is 0.622. The van der Waals surface area contributed by atoms with Gasteiger partial charge in [-0.25, -0.2) is 4.39 Å². The van der Waals surface area contributed by atoms with Crippen molar-refractivity contribution in [1.29, 1.82) is 0 Å². The molecular weight excluding hydrogens is 91.1 g/mol.